The largest absolute Gasteiger partial charge is 0.497 e. The molecule has 0 spiro atoms. The maximum absolute atomic E-state index is 13.0. The number of para-hydroxylation sites is 3. The van der Waals surface area contributed by atoms with Crippen molar-refractivity contribution in [2.24, 2.45) is 0 Å². The standard InChI is InChI=1S/C22H17N3O3S/c1-27-17-11-7-8-15(14-17)20-21(29-25-24-20)22(26)23-18-12-5-6-13-19(18)28-16-9-3-2-4-10-16/h2-14H,1H3,(H,23,26). The van der Waals surface area contributed by atoms with E-state index in [-0.39, 0.29) is 5.91 Å². The predicted molar refractivity (Wildman–Crippen MR) is 113 cm³/mol. The van der Waals surface area contributed by atoms with Crippen molar-refractivity contribution in [1.82, 2.24) is 9.59 Å². The molecule has 0 radical (unpaired) electrons. The van der Waals surface area contributed by atoms with Crippen molar-refractivity contribution in [3.8, 4) is 28.5 Å². The molecule has 1 amide bonds. The molecule has 0 aliphatic carbocycles. The summed E-state index contributed by atoms with van der Waals surface area (Å²) in [5.74, 6) is 1.61. The molecule has 0 atom stereocenters. The summed E-state index contributed by atoms with van der Waals surface area (Å²) < 4.78 is 15.1. The highest BCUT2D eigenvalue weighted by atomic mass is 32.1. The Balaban J connectivity index is 1.59. The summed E-state index contributed by atoms with van der Waals surface area (Å²) in [7, 11) is 1.59. The highest BCUT2D eigenvalue weighted by Gasteiger charge is 2.19. The normalized spacial score (nSPS) is 10.4. The molecular formula is C22H17N3O3S. The molecule has 0 saturated heterocycles. The molecule has 3 aromatic carbocycles. The van der Waals surface area contributed by atoms with E-state index in [0.29, 0.717) is 33.5 Å². The van der Waals surface area contributed by atoms with Crippen molar-refractivity contribution in [3.63, 3.8) is 0 Å². The van der Waals surface area contributed by atoms with Crippen LogP contribution in [0, 0.1) is 0 Å². The molecule has 0 unspecified atom stereocenters. The van der Waals surface area contributed by atoms with Gasteiger partial charge in [-0.1, -0.05) is 47.0 Å². The Kier molecular flexibility index (Phi) is 5.49. The van der Waals surface area contributed by atoms with Crippen molar-refractivity contribution in [2.75, 3.05) is 12.4 Å². The maximum atomic E-state index is 13.0. The number of carbonyl (C=O) groups excluding carboxylic acids is 1. The van der Waals surface area contributed by atoms with Crippen molar-refractivity contribution in [3.05, 3.63) is 83.7 Å². The molecule has 144 valence electrons. The minimum absolute atomic E-state index is 0.304. The van der Waals surface area contributed by atoms with Gasteiger partial charge in [0.15, 0.2) is 5.75 Å². The Morgan fingerprint density at radius 3 is 2.52 bits per heavy atom. The van der Waals surface area contributed by atoms with Gasteiger partial charge in [-0.15, -0.1) is 5.10 Å². The smallest absolute Gasteiger partial charge is 0.269 e. The summed E-state index contributed by atoms with van der Waals surface area (Å²) in [6.45, 7) is 0. The topological polar surface area (TPSA) is 73.3 Å². The van der Waals surface area contributed by atoms with Gasteiger partial charge in [0.2, 0.25) is 0 Å². The Morgan fingerprint density at radius 2 is 1.69 bits per heavy atom. The quantitative estimate of drug-likeness (QED) is 0.475. The molecule has 6 nitrogen and oxygen atoms in total. The number of aromatic nitrogens is 2. The Morgan fingerprint density at radius 1 is 0.931 bits per heavy atom. The zero-order valence-corrected chi connectivity index (χ0v) is 16.3. The van der Waals surface area contributed by atoms with Crippen molar-refractivity contribution < 1.29 is 14.3 Å². The number of hydrogen-bond donors (Lipinski definition) is 1. The van der Waals surface area contributed by atoms with Gasteiger partial charge in [0.05, 0.1) is 12.8 Å². The first-order valence-electron chi connectivity index (χ1n) is 8.84. The van der Waals surface area contributed by atoms with E-state index in [1.807, 2.05) is 66.7 Å². The molecule has 1 aromatic heterocycles. The highest BCUT2D eigenvalue weighted by molar-refractivity contribution is 7.08. The summed E-state index contributed by atoms with van der Waals surface area (Å²) >= 11 is 1.04. The van der Waals surface area contributed by atoms with Crippen molar-refractivity contribution in [2.45, 2.75) is 0 Å². The third-order valence-corrected chi connectivity index (χ3v) is 4.87. The van der Waals surface area contributed by atoms with Gasteiger partial charge in [-0.3, -0.25) is 4.79 Å². The van der Waals surface area contributed by atoms with Crippen LogP contribution in [0.5, 0.6) is 17.2 Å². The van der Waals surface area contributed by atoms with Crippen molar-refractivity contribution in [1.29, 1.82) is 0 Å². The van der Waals surface area contributed by atoms with Crippen LogP contribution in [0.25, 0.3) is 11.3 Å². The van der Waals surface area contributed by atoms with E-state index >= 15 is 0 Å². The monoisotopic (exact) mass is 403 g/mol. The average Bonchev–Trinajstić information content (AvgIpc) is 3.26. The molecule has 0 bridgehead atoms. The number of benzene rings is 3. The van der Waals surface area contributed by atoms with Crippen LogP contribution in [0.2, 0.25) is 0 Å². The second kappa shape index (κ2) is 8.53. The minimum atomic E-state index is -0.304. The molecule has 7 heteroatoms. The van der Waals surface area contributed by atoms with Crippen LogP contribution in [0.15, 0.2) is 78.9 Å². The van der Waals surface area contributed by atoms with Gasteiger partial charge < -0.3 is 14.8 Å². The van der Waals surface area contributed by atoms with E-state index in [0.717, 1.165) is 17.1 Å². The Labute approximate surface area is 171 Å². The first kappa shape index (κ1) is 18.6. The number of hydrogen-bond acceptors (Lipinski definition) is 6. The number of anilines is 1. The predicted octanol–water partition coefficient (Wildman–Crippen LogP) is 5.26. The third kappa shape index (κ3) is 4.25. The van der Waals surface area contributed by atoms with E-state index in [1.165, 1.54) is 0 Å². The fourth-order valence-electron chi connectivity index (χ4n) is 2.75. The van der Waals surface area contributed by atoms with Gasteiger partial charge in [-0.25, -0.2) is 0 Å². The van der Waals surface area contributed by atoms with Gasteiger partial charge in [-0.05, 0) is 47.9 Å². The van der Waals surface area contributed by atoms with Gasteiger partial charge >= 0.3 is 0 Å². The first-order chi connectivity index (χ1) is 14.2. The van der Waals surface area contributed by atoms with Crippen LogP contribution in [-0.4, -0.2) is 22.6 Å². The van der Waals surface area contributed by atoms with E-state index in [1.54, 1.807) is 19.2 Å². The van der Waals surface area contributed by atoms with E-state index in [2.05, 4.69) is 14.9 Å². The fourth-order valence-corrected chi connectivity index (χ4v) is 3.34. The second-order valence-electron chi connectivity index (χ2n) is 6.05. The number of carbonyl (C=O) groups is 1. The summed E-state index contributed by atoms with van der Waals surface area (Å²) in [5.41, 5.74) is 1.83. The van der Waals surface area contributed by atoms with Gasteiger partial charge in [0.25, 0.3) is 5.91 Å². The van der Waals surface area contributed by atoms with E-state index in [4.69, 9.17) is 9.47 Å². The lowest BCUT2D eigenvalue weighted by Crippen LogP contribution is -2.12. The van der Waals surface area contributed by atoms with Crippen LogP contribution >= 0.6 is 11.5 Å². The van der Waals surface area contributed by atoms with E-state index in [9.17, 15) is 4.79 Å². The van der Waals surface area contributed by atoms with Gasteiger partial charge in [-0.2, -0.15) is 0 Å². The number of methoxy groups -OCH3 is 1. The maximum Gasteiger partial charge on any atom is 0.269 e. The second-order valence-corrected chi connectivity index (χ2v) is 6.80. The molecule has 1 N–H and O–H groups in total. The zero-order chi connectivity index (χ0) is 20.1. The van der Waals surface area contributed by atoms with Crippen LogP contribution in [0.1, 0.15) is 9.67 Å². The lowest BCUT2D eigenvalue weighted by atomic mass is 10.1. The van der Waals surface area contributed by atoms with Gasteiger partial charge in [0.1, 0.15) is 22.1 Å². The fraction of sp³-hybridized carbons (Fsp3) is 0.0455. The third-order valence-electron chi connectivity index (χ3n) is 4.14. The minimum Gasteiger partial charge on any atom is -0.497 e. The molecule has 4 rings (SSSR count). The molecule has 1 heterocycles. The van der Waals surface area contributed by atoms with Crippen LogP contribution < -0.4 is 14.8 Å². The Hall–Kier alpha value is -3.71. The summed E-state index contributed by atoms with van der Waals surface area (Å²) in [5, 5.41) is 7.04. The van der Waals surface area contributed by atoms with Crippen LogP contribution in [0.3, 0.4) is 0 Å². The SMILES string of the molecule is COc1cccc(-c2nnsc2C(=O)Nc2ccccc2Oc2ccccc2)c1. The highest BCUT2D eigenvalue weighted by Crippen LogP contribution is 2.31. The molecule has 29 heavy (non-hydrogen) atoms. The molecule has 0 fully saturated rings. The molecule has 0 aliphatic rings. The van der Waals surface area contributed by atoms with Crippen molar-refractivity contribution >= 4 is 23.1 Å². The molecule has 0 saturated carbocycles. The number of rotatable bonds is 6. The summed E-state index contributed by atoms with van der Waals surface area (Å²) in [6, 6.07) is 24.0. The first-order valence-corrected chi connectivity index (χ1v) is 9.62. The molecule has 0 aliphatic heterocycles. The van der Waals surface area contributed by atoms with Crippen LogP contribution in [0.4, 0.5) is 5.69 Å². The molecular weight excluding hydrogens is 386 g/mol. The zero-order valence-electron chi connectivity index (χ0n) is 15.5. The van der Waals surface area contributed by atoms with Gasteiger partial charge in [0, 0.05) is 5.56 Å². The summed E-state index contributed by atoms with van der Waals surface area (Å²) in [6.07, 6.45) is 0. The van der Waals surface area contributed by atoms with Crippen LogP contribution in [-0.2, 0) is 0 Å². The average molecular weight is 403 g/mol. The number of nitrogens with one attached hydrogen (secondary N) is 1. The number of nitrogens with zero attached hydrogens (tertiary/aromatic N) is 2. The van der Waals surface area contributed by atoms with E-state index < -0.39 is 0 Å². The lowest BCUT2D eigenvalue weighted by Gasteiger charge is -2.12. The lowest BCUT2D eigenvalue weighted by molar-refractivity contribution is 0.103. The Bertz CT molecular complexity index is 1130. The number of ether oxygens (including phenoxy) is 2. The summed E-state index contributed by atoms with van der Waals surface area (Å²) in [4.78, 5) is 13.4. The number of amides is 1. The molecule has 4 aromatic rings.